The molecule has 0 spiro atoms. The number of aromatic nitrogens is 3. The third kappa shape index (κ3) is 2.63. The molecule has 7 nitrogen and oxygen atoms in total. The van der Waals surface area contributed by atoms with Crippen LogP contribution in [0.1, 0.15) is 22.3 Å². The SMILES string of the molecule is Cc1c(C(=O)NC2CCN(c3ccn[nH]3)C2=O)cnc2ccccc12. The Morgan fingerprint density at radius 2 is 2.16 bits per heavy atom. The standard InChI is InChI=1S/C18H17N5O2/c1-11-12-4-2-3-5-14(12)19-10-13(11)17(24)21-15-7-9-23(18(15)25)16-6-8-20-22-16/h2-6,8,10,15H,7,9H2,1H3,(H,20,22)(H,21,24). The van der Waals surface area contributed by atoms with Crippen molar-refractivity contribution in [2.75, 3.05) is 11.4 Å². The fourth-order valence-electron chi connectivity index (χ4n) is 3.20. The van der Waals surface area contributed by atoms with Crippen LogP contribution in [0, 0.1) is 6.92 Å². The minimum atomic E-state index is -0.540. The molecular formula is C18H17N5O2. The number of nitrogens with one attached hydrogen (secondary N) is 2. The van der Waals surface area contributed by atoms with Crippen molar-refractivity contribution in [3.8, 4) is 0 Å². The van der Waals surface area contributed by atoms with E-state index in [0.29, 0.717) is 24.3 Å². The zero-order valence-corrected chi connectivity index (χ0v) is 13.7. The lowest BCUT2D eigenvalue weighted by Gasteiger charge is -2.15. The first kappa shape index (κ1) is 15.3. The van der Waals surface area contributed by atoms with Crippen LogP contribution in [0.5, 0.6) is 0 Å². The first-order valence-electron chi connectivity index (χ1n) is 8.11. The largest absolute Gasteiger partial charge is 0.340 e. The van der Waals surface area contributed by atoms with Gasteiger partial charge in [-0.25, -0.2) is 0 Å². The van der Waals surface area contributed by atoms with Crippen LogP contribution in [0.25, 0.3) is 10.9 Å². The summed E-state index contributed by atoms with van der Waals surface area (Å²) >= 11 is 0. The molecule has 0 bridgehead atoms. The molecule has 1 aliphatic heterocycles. The number of pyridine rings is 1. The van der Waals surface area contributed by atoms with Crippen LogP contribution in [-0.2, 0) is 4.79 Å². The molecule has 25 heavy (non-hydrogen) atoms. The first-order valence-corrected chi connectivity index (χ1v) is 8.11. The number of hydrogen-bond donors (Lipinski definition) is 2. The van der Waals surface area contributed by atoms with Crippen molar-refractivity contribution in [1.29, 1.82) is 0 Å². The normalized spacial score (nSPS) is 17.2. The molecule has 2 N–H and O–H groups in total. The van der Waals surface area contributed by atoms with E-state index in [1.165, 1.54) is 0 Å². The number of nitrogens with zero attached hydrogens (tertiary/aromatic N) is 3. The molecule has 3 heterocycles. The molecule has 2 aromatic heterocycles. The minimum Gasteiger partial charge on any atom is -0.340 e. The zero-order chi connectivity index (χ0) is 17.4. The zero-order valence-electron chi connectivity index (χ0n) is 13.7. The van der Waals surface area contributed by atoms with Gasteiger partial charge in [0.25, 0.3) is 11.8 Å². The van der Waals surface area contributed by atoms with E-state index in [1.807, 2.05) is 31.2 Å². The van der Waals surface area contributed by atoms with Gasteiger partial charge in [0.2, 0.25) is 0 Å². The van der Waals surface area contributed by atoms with Gasteiger partial charge in [-0.3, -0.25) is 24.6 Å². The summed E-state index contributed by atoms with van der Waals surface area (Å²) in [5, 5.41) is 10.4. The van der Waals surface area contributed by atoms with E-state index in [0.717, 1.165) is 16.5 Å². The molecule has 1 fully saturated rings. The van der Waals surface area contributed by atoms with Crippen molar-refractivity contribution < 1.29 is 9.59 Å². The summed E-state index contributed by atoms with van der Waals surface area (Å²) in [6.45, 7) is 2.44. The van der Waals surface area contributed by atoms with Gasteiger partial charge in [0.05, 0.1) is 17.3 Å². The summed E-state index contributed by atoms with van der Waals surface area (Å²) < 4.78 is 0. The number of aryl methyl sites for hydroxylation is 1. The second kappa shape index (κ2) is 6.01. The van der Waals surface area contributed by atoms with Gasteiger partial charge in [0.1, 0.15) is 11.9 Å². The number of anilines is 1. The summed E-state index contributed by atoms with van der Waals surface area (Å²) in [4.78, 5) is 31.1. The van der Waals surface area contributed by atoms with Crippen molar-refractivity contribution in [2.45, 2.75) is 19.4 Å². The highest BCUT2D eigenvalue weighted by Gasteiger charge is 2.34. The summed E-state index contributed by atoms with van der Waals surface area (Å²) in [5.41, 5.74) is 2.20. The number of aromatic amines is 1. The first-order chi connectivity index (χ1) is 12.1. The molecule has 126 valence electrons. The maximum Gasteiger partial charge on any atom is 0.253 e. The van der Waals surface area contributed by atoms with Crippen LogP contribution in [-0.4, -0.2) is 39.6 Å². The quantitative estimate of drug-likeness (QED) is 0.763. The van der Waals surface area contributed by atoms with Gasteiger partial charge >= 0.3 is 0 Å². The fraction of sp³-hybridized carbons (Fsp3) is 0.222. The van der Waals surface area contributed by atoms with Gasteiger partial charge in [-0.15, -0.1) is 0 Å². The number of para-hydroxylation sites is 1. The smallest absolute Gasteiger partial charge is 0.253 e. The number of carbonyl (C=O) groups excluding carboxylic acids is 2. The summed E-state index contributed by atoms with van der Waals surface area (Å²) in [6, 6.07) is 8.88. The average Bonchev–Trinajstić information content (AvgIpc) is 3.26. The van der Waals surface area contributed by atoms with Crippen LogP contribution in [0.4, 0.5) is 5.82 Å². The average molecular weight is 335 g/mol. The van der Waals surface area contributed by atoms with E-state index in [-0.39, 0.29) is 11.8 Å². The lowest BCUT2D eigenvalue weighted by atomic mass is 10.0. The number of fused-ring (bicyclic) bond motifs is 1. The van der Waals surface area contributed by atoms with Gasteiger partial charge < -0.3 is 5.32 Å². The Morgan fingerprint density at radius 3 is 2.96 bits per heavy atom. The number of rotatable bonds is 3. The molecule has 0 radical (unpaired) electrons. The summed E-state index contributed by atoms with van der Waals surface area (Å²) in [7, 11) is 0. The maximum absolute atomic E-state index is 12.7. The second-order valence-corrected chi connectivity index (χ2v) is 6.06. The Kier molecular flexibility index (Phi) is 3.68. The lowest BCUT2D eigenvalue weighted by molar-refractivity contribution is -0.118. The third-order valence-corrected chi connectivity index (χ3v) is 4.58. The topological polar surface area (TPSA) is 91.0 Å². The molecule has 3 aromatic rings. The van der Waals surface area contributed by atoms with Gasteiger partial charge in [-0.1, -0.05) is 18.2 Å². The van der Waals surface area contributed by atoms with E-state index < -0.39 is 6.04 Å². The molecular weight excluding hydrogens is 318 g/mol. The Balaban J connectivity index is 1.55. The number of hydrogen-bond acceptors (Lipinski definition) is 4. The number of carbonyl (C=O) groups is 2. The van der Waals surface area contributed by atoms with E-state index >= 15 is 0 Å². The van der Waals surface area contributed by atoms with Crippen molar-refractivity contribution in [2.24, 2.45) is 0 Å². The van der Waals surface area contributed by atoms with Crippen LogP contribution in [0.2, 0.25) is 0 Å². The molecule has 1 aromatic carbocycles. The van der Waals surface area contributed by atoms with Gasteiger partial charge in [0, 0.05) is 24.2 Å². The molecule has 0 aliphatic carbocycles. The third-order valence-electron chi connectivity index (χ3n) is 4.58. The van der Waals surface area contributed by atoms with E-state index in [1.54, 1.807) is 23.4 Å². The molecule has 4 rings (SSSR count). The van der Waals surface area contributed by atoms with E-state index in [2.05, 4.69) is 20.5 Å². The molecule has 1 unspecified atom stereocenters. The fourth-order valence-corrected chi connectivity index (χ4v) is 3.20. The monoisotopic (exact) mass is 335 g/mol. The molecule has 1 saturated heterocycles. The molecule has 1 aliphatic rings. The maximum atomic E-state index is 12.7. The molecule has 2 amide bonds. The molecule has 1 atom stereocenters. The Morgan fingerprint density at radius 1 is 1.32 bits per heavy atom. The van der Waals surface area contributed by atoms with E-state index in [9.17, 15) is 9.59 Å². The highest BCUT2D eigenvalue weighted by Crippen LogP contribution is 2.21. The molecule has 0 saturated carbocycles. The predicted molar refractivity (Wildman–Crippen MR) is 93.3 cm³/mol. The highest BCUT2D eigenvalue weighted by atomic mass is 16.2. The van der Waals surface area contributed by atoms with Crippen LogP contribution in [0.15, 0.2) is 42.7 Å². The second-order valence-electron chi connectivity index (χ2n) is 6.06. The van der Waals surface area contributed by atoms with Crippen molar-refractivity contribution in [3.05, 3.63) is 53.9 Å². The van der Waals surface area contributed by atoms with Crippen LogP contribution >= 0.6 is 0 Å². The number of H-pyrrole nitrogens is 1. The molecule has 7 heteroatoms. The van der Waals surface area contributed by atoms with Crippen LogP contribution in [0.3, 0.4) is 0 Å². The van der Waals surface area contributed by atoms with Gasteiger partial charge in [-0.2, -0.15) is 5.10 Å². The highest BCUT2D eigenvalue weighted by molar-refractivity contribution is 6.05. The van der Waals surface area contributed by atoms with Crippen molar-refractivity contribution in [1.82, 2.24) is 20.5 Å². The van der Waals surface area contributed by atoms with E-state index in [4.69, 9.17) is 0 Å². The predicted octanol–water partition coefficient (Wildman–Crippen LogP) is 1.80. The minimum absolute atomic E-state index is 0.135. The number of benzene rings is 1. The Labute approximate surface area is 144 Å². The Hall–Kier alpha value is -3.22. The number of amides is 2. The summed E-state index contributed by atoms with van der Waals surface area (Å²) in [6.07, 6.45) is 3.72. The van der Waals surface area contributed by atoms with Crippen molar-refractivity contribution in [3.63, 3.8) is 0 Å². The van der Waals surface area contributed by atoms with Crippen molar-refractivity contribution >= 4 is 28.5 Å². The Bertz CT molecular complexity index is 951. The lowest BCUT2D eigenvalue weighted by Crippen LogP contribution is -2.41. The van der Waals surface area contributed by atoms with Gasteiger partial charge in [0.15, 0.2) is 0 Å². The van der Waals surface area contributed by atoms with Gasteiger partial charge in [-0.05, 0) is 25.0 Å². The van der Waals surface area contributed by atoms with Crippen LogP contribution < -0.4 is 10.2 Å². The summed E-state index contributed by atoms with van der Waals surface area (Å²) in [5.74, 6) is 0.231.